The summed E-state index contributed by atoms with van der Waals surface area (Å²) in [5.41, 5.74) is 6.67. The predicted octanol–water partition coefficient (Wildman–Crippen LogP) is 2.44. The van der Waals surface area contributed by atoms with E-state index in [0.29, 0.717) is 11.3 Å². The molecule has 0 saturated heterocycles. The fraction of sp³-hybridized carbons (Fsp3) is 0.462. The van der Waals surface area contributed by atoms with Gasteiger partial charge in [-0.05, 0) is 25.5 Å². The van der Waals surface area contributed by atoms with Crippen molar-refractivity contribution in [2.24, 2.45) is 5.73 Å². The van der Waals surface area contributed by atoms with E-state index in [1.165, 1.54) is 6.92 Å². The van der Waals surface area contributed by atoms with Crippen molar-refractivity contribution in [3.63, 3.8) is 0 Å². The fourth-order valence-corrected chi connectivity index (χ4v) is 1.50. The van der Waals surface area contributed by atoms with Crippen LogP contribution in [0.5, 0.6) is 0 Å². The van der Waals surface area contributed by atoms with Crippen LogP contribution in [0.4, 0.5) is 18.9 Å². The van der Waals surface area contributed by atoms with Crippen LogP contribution < -0.4 is 11.1 Å². The Bertz CT molecular complexity index is 463. The van der Waals surface area contributed by atoms with E-state index >= 15 is 0 Å². The first-order valence-electron chi connectivity index (χ1n) is 6.06. The Labute approximate surface area is 115 Å². The van der Waals surface area contributed by atoms with Crippen molar-refractivity contribution in [2.45, 2.75) is 38.8 Å². The van der Waals surface area contributed by atoms with Gasteiger partial charge in [-0.2, -0.15) is 13.2 Å². The molecular formula is C13H17F3N2O2. The molecule has 1 aromatic rings. The first kappa shape index (κ1) is 16.5. The average Bonchev–Trinajstić information content (AvgIpc) is 2.38. The second-order valence-corrected chi connectivity index (χ2v) is 4.31. The van der Waals surface area contributed by atoms with Gasteiger partial charge in [0.15, 0.2) is 6.10 Å². The highest BCUT2D eigenvalue weighted by molar-refractivity contribution is 5.94. The first-order valence-corrected chi connectivity index (χ1v) is 6.06. The van der Waals surface area contributed by atoms with E-state index in [1.54, 1.807) is 24.3 Å². The largest absolute Gasteiger partial charge is 0.414 e. The van der Waals surface area contributed by atoms with Gasteiger partial charge in [-0.1, -0.05) is 18.2 Å². The highest BCUT2D eigenvalue weighted by Gasteiger charge is 2.38. The van der Waals surface area contributed by atoms with Crippen LogP contribution in [0.15, 0.2) is 24.3 Å². The second kappa shape index (κ2) is 6.71. The number of nitrogens with one attached hydrogen (secondary N) is 1. The molecule has 0 saturated carbocycles. The van der Waals surface area contributed by atoms with Gasteiger partial charge in [0.2, 0.25) is 0 Å². The Morgan fingerprint density at radius 2 is 1.95 bits per heavy atom. The smallest absolute Gasteiger partial charge is 0.356 e. The summed E-state index contributed by atoms with van der Waals surface area (Å²) in [6, 6.07) is 6.79. The molecule has 20 heavy (non-hydrogen) atoms. The van der Waals surface area contributed by atoms with Gasteiger partial charge in [0.25, 0.3) is 5.91 Å². The maximum Gasteiger partial charge on any atom is 0.414 e. The standard InChI is InChI=1S/C13H17F3N2O2/c1-8(20-9(2)13(14,15)16)12(19)18-11-6-4-3-5-10(11)7-17/h3-6,8-9H,7,17H2,1-2H3,(H,18,19). The number of nitrogens with two attached hydrogens (primary N) is 1. The molecule has 2 unspecified atom stereocenters. The number of carbonyl (C=O) groups excluding carboxylic acids is 1. The number of rotatable bonds is 5. The summed E-state index contributed by atoms with van der Waals surface area (Å²) in [4.78, 5) is 11.8. The van der Waals surface area contributed by atoms with Crippen LogP contribution in [0.2, 0.25) is 0 Å². The molecule has 0 bridgehead atoms. The minimum atomic E-state index is -4.50. The summed E-state index contributed by atoms with van der Waals surface area (Å²) in [5, 5.41) is 2.51. The molecule has 0 heterocycles. The maximum absolute atomic E-state index is 12.3. The number of benzene rings is 1. The molecule has 1 aromatic carbocycles. The van der Waals surface area contributed by atoms with E-state index in [1.807, 2.05) is 0 Å². The maximum atomic E-state index is 12.3. The van der Waals surface area contributed by atoms with E-state index < -0.39 is 24.3 Å². The van der Waals surface area contributed by atoms with E-state index in [0.717, 1.165) is 6.92 Å². The van der Waals surface area contributed by atoms with Gasteiger partial charge in [-0.15, -0.1) is 0 Å². The van der Waals surface area contributed by atoms with Crippen molar-refractivity contribution in [1.29, 1.82) is 0 Å². The lowest BCUT2D eigenvalue weighted by Crippen LogP contribution is -2.37. The zero-order chi connectivity index (χ0) is 15.3. The topological polar surface area (TPSA) is 64.3 Å². The molecule has 0 fully saturated rings. The van der Waals surface area contributed by atoms with Gasteiger partial charge < -0.3 is 15.8 Å². The summed E-state index contributed by atoms with van der Waals surface area (Å²) in [6.07, 6.45) is -7.73. The number of alkyl halides is 3. The van der Waals surface area contributed by atoms with Crippen LogP contribution in [0.1, 0.15) is 19.4 Å². The second-order valence-electron chi connectivity index (χ2n) is 4.31. The summed E-state index contributed by atoms with van der Waals surface area (Å²) >= 11 is 0. The van der Waals surface area contributed by atoms with Crippen LogP contribution in [-0.2, 0) is 16.1 Å². The quantitative estimate of drug-likeness (QED) is 0.875. The molecule has 112 valence electrons. The molecule has 0 aliphatic heterocycles. The molecule has 2 atom stereocenters. The number of para-hydroxylation sites is 1. The Kier molecular flexibility index (Phi) is 5.52. The minimum absolute atomic E-state index is 0.213. The first-order chi connectivity index (χ1) is 9.25. The lowest BCUT2D eigenvalue weighted by Gasteiger charge is -2.21. The van der Waals surface area contributed by atoms with Crippen LogP contribution in [0.3, 0.4) is 0 Å². The third-order valence-electron chi connectivity index (χ3n) is 2.73. The summed E-state index contributed by atoms with van der Waals surface area (Å²) in [5.74, 6) is -0.651. The molecule has 0 aliphatic carbocycles. The van der Waals surface area contributed by atoms with Crippen LogP contribution in [0.25, 0.3) is 0 Å². The molecule has 0 aliphatic rings. The molecule has 4 nitrogen and oxygen atoms in total. The third-order valence-corrected chi connectivity index (χ3v) is 2.73. The lowest BCUT2D eigenvalue weighted by atomic mass is 10.1. The number of halogens is 3. The number of hydrogen-bond acceptors (Lipinski definition) is 3. The molecule has 0 radical (unpaired) electrons. The van der Waals surface area contributed by atoms with E-state index in [9.17, 15) is 18.0 Å². The molecule has 3 N–H and O–H groups in total. The third kappa shape index (κ3) is 4.50. The van der Waals surface area contributed by atoms with Crippen molar-refractivity contribution < 1.29 is 22.7 Å². The van der Waals surface area contributed by atoms with E-state index in [-0.39, 0.29) is 6.54 Å². The zero-order valence-corrected chi connectivity index (χ0v) is 11.2. The van der Waals surface area contributed by atoms with Crippen LogP contribution in [0, 0.1) is 0 Å². The average molecular weight is 290 g/mol. The molecule has 1 amide bonds. The monoisotopic (exact) mass is 290 g/mol. The van der Waals surface area contributed by atoms with Crippen molar-refractivity contribution in [2.75, 3.05) is 5.32 Å². The van der Waals surface area contributed by atoms with Gasteiger partial charge in [0.1, 0.15) is 6.10 Å². The van der Waals surface area contributed by atoms with Crippen molar-refractivity contribution in [3.8, 4) is 0 Å². The Morgan fingerprint density at radius 1 is 1.35 bits per heavy atom. The summed E-state index contributed by atoms with van der Waals surface area (Å²) in [7, 11) is 0. The SMILES string of the molecule is CC(OC(C)C(F)(F)F)C(=O)Nc1ccccc1CN. The van der Waals surface area contributed by atoms with Crippen molar-refractivity contribution >= 4 is 11.6 Å². The highest BCUT2D eigenvalue weighted by atomic mass is 19.4. The van der Waals surface area contributed by atoms with Crippen molar-refractivity contribution in [3.05, 3.63) is 29.8 Å². The van der Waals surface area contributed by atoms with Gasteiger partial charge in [0, 0.05) is 12.2 Å². The Morgan fingerprint density at radius 3 is 2.50 bits per heavy atom. The summed E-state index contributed by atoms with van der Waals surface area (Å²) < 4.78 is 41.7. The number of amides is 1. The van der Waals surface area contributed by atoms with Crippen molar-refractivity contribution in [1.82, 2.24) is 0 Å². The van der Waals surface area contributed by atoms with Gasteiger partial charge in [0.05, 0.1) is 0 Å². The molecule has 7 heteroatoms. The Hall–Kier alpha value is -1.60. The fourth-order valence-electron chi connectivity index (χ4n) is 1.50. The molecule has 1 rings (SSSR count). The normalized spacial score (nSPS) is 14.7. The highest BCUT2D eigenvalue weighted by Crippen LogP contribution is 2.23. The van der Waals surface area contributed by atoms with Gasteiger partial charge in [-0.25, -0.2) is 0 Å². The number of hydrogen-bond donors (Lipinski definition) is 2. The molecule has 0 spiro atoms. The summed E-state index contributed by atoms with van der Waals surface area (Å²) in [6.45, 7) is 2.34. The van der Waals surface area contributed by atoms with Crippen LogP contribution >= 0.6 is 0 Å². The van der Waals surface area contributed by atoms with Crippen LogP contribution in [-0.4, -0.2) is 24.3 Å². The van der Waals surface area contributed by atoms with Gasteiger partial charge in [-0.3, -0.25) is 4.79 Å². The molecule has 0 aromatic heterocycles. The van der Waals surface area contributed by atoms with Gasteiger partial charge >= 0.3 is 6.18 Å². The minimum Gasteiger partial charge on any atom is -0.356 e. The predicted molar refractivity (Wildman–Crippen MR) is 69.0 cm³/mol. The Balaban J connectivity index is 2.67. The van der Waals surface area contributed by atoms with E-state index in [4.69, 9.17) is 5.73 Å². The lowest BCUT2D eigenvalue weighted by molar-refractivity contribution is -0.223. The number of ether oxygens (including phenoxy) is 1. The number of carbonyl (C=O) groups is 1. The number of anilines is 1. The van der Waals surface area contributed by atoms with E-state index in [2.05, 4.69) is 10.1 Å². The molecular weight excluding hydrogens is 273 g/mol. The zero-order valence-electron chi connectivity index (χ0n) is 11.2.